The maximum Gasteiger partial charge on any atom is 0.266 e. The first-order valence-corrected chi connectivity index (χ1v) is 7.78. The van der Waals surface area contributed by atoms with E-state index in [2.05, 4.69) is 14.7 Å². The van der Waals surface area contributed by atoms with E-state index in [0.29, 0.717) is 16.3 Å². The number of fused-ring (bicyclic) bond motifs is 2. The van der Waals surface area contributed by atoms with E-state index in [1.54, 1.807) is 12.4 Å². The van der Waals surface area contributed by atoms with Crippen molar-refractivity contribution in [2.24, 2.45) is 5.73 Å². The maximum absolute atomic E-state index is 12.2. The molecule has 19 heavy (non-hydrogen) atoms. The average Bonchev–Trinajstić information content (AvgIpc) is 2.90. The molecule has 7 nitrogen and oxygen atoms in total. The quantitative estimate of drug-likeness (QED) is 0.623. The second kappa shape index (κ2) is 4.07. The van der Waals surface area contributed by atoms with Gasteiger partial charge in [0.25, 0.3) is 15.9 Å². The number of aromatic nitrogens is 2. The van der Waals surface area contributed by atoms with Gasteiger partial charge in [0.2, 0.25) is 0 Å². The van der Waals surface area contributed by atoms with Gasteiger partial charge in [-0.05, 0) is 0 Å². The molecule has 100 valence electrons. The van der Waals surface area contributed by atoms with Crippen molar-refractivity contribution in [1.82, 2.24) is 9.97 Å². The van der Waals surface area contributed by atoms with Gasteiger partial charge in [0, 0.05) is 29.9 Å². The minimum atomic E-state index is -3.73. The fraction of sp³-hybridized carbons (Fsp3) is 0.100. The number of primary amides is 1. The molecule has 0 saturated carbocycles. The first kappa shape index (κ1) is 12.2. The number of carbonyl (C=O) groups excluding carboxylic acids is 1. The van der Waals surface area contributed by atoms with E-state index in [0.717, 1.165) is 5.56 Å². The van der Waals surface area contributed by atoms with Crippen molar-refractivity contribution in [3.8, 4) is 0 Å². The Labute approximate surface area is 113 Å². The molecule has 1 aliphatic rings. The van der Waals surface area contributed by atoms with Gasteiger partial charge in [-0.3, -0.25) is 9.52 Å². The average molecular weight is 298 g/mol. The molecule has 0 spiro atoms. The highest BCUT2D eigenvalue weighted by atomic mass is 32.2. The molecule has 0 radical (unpaired) electrons. The first-order chi connectivity index (χ1) is 8.99. The Bertz CT molecular complexity index is 760. The number of hydrogen-bond donors (Lipinski definition) is 4. The van der Waals surface area contributed by atoms with Crippen molar-refractivity contribution in [2.75, 3.05) is 4.72 Å². The molecule has 1 amide bonds. The largest absolute Gasteiger partial charge is 0.365 e. The lowest BCUT2D eigenvalue weighted by Crippen LogP contribution is -2.17. The number of rotatable bonds is 1. The second-order valence-corrected chi connectivity index (χ2v) is 6.65. The van der Waals surface area contributed by atoms with Crippen molar-refractivity contribution in [1.29, 1.82) is 0 Å². The minimum Gasteiger partial charge on any atom is -0.365 e. The van der Waals surface area contributed by atoms with E-state index >= 15 is 0 Å². The molecule has 2 aromatic heterocycles. The predicted molar refractivity (Wildman–Crippen MR) is 70.5 cm³/mol. The van der Waals surface area contributed by atoms with Crippen LogP contribution in [-0.2, 0) is 15.8 Å². The predicted octanol–water partition coefficient (Wildman–Crippen LogP) is 0.848. The van der Waals surface area contributed by atoms with Crippen molar-refractivity contribution >= 4 is 33.4 Å². The fourth-order valence-electron chi connectivity index (χ4n) is 1.88. The number of sulfonamides is 1. The summed E-state index contributed by atoms with van der Waals surface area (Å²) in [7, 11) is -3.73. The van der Waals surface area contributed by atoms with Gasteiger partial charge in [0.05, 0.1) is 10.6 Å². The zero-order valence-corrected chi connectivity index (χ0v) is 11.2. The van der Waals surface area contributed by atoms with Crippen molar-refractivity contribution in [3.63, 3.8) is 0 Å². The molecule has 3 heterocycles. The smallest absolute Gasteiger partial charge is 0.266 e. The highest BCUT2D eigenvalue weighted by molar-refractivity contribution is 8.00. The van der Waals surface area contributed by atoms with Crippen LogP contribution in [-0.4, -0.2) is 24.3 Å². The summed E-state index contributed by atoms with van der Waals surface area (Å²) >= 11 is 1.26. The summed E-state index contributed by atoms with van der Waals surface area (Å²) in [6.45, 7) is 0. The van der Waals surface area contributed by atoms with Gasteiger partial charge < -0.3 is 15.7 Å². The van der Waals surface area contributed by atoms with Crippen LogP contribution in [0.25, 0.3) is 0 Å². The summed E-state index contributed by atoms with van der Waals surface area (Å²) in [5, 5.41) is 0. The first-order valence-electron chi connectivity index (χ1n) is 5.31. The summed E-state index contributed by atoms with van der Waals surface area (Å²) in [5.74, 6) is -0.147. The SMILES string of the molecule is NC(=O)c1[nH]cc2c1SCc1c[nH]cc1NS2(=O)=O. The Balaban J connectivity index is 2.18. The van der Waals surface area contributed by atoms with Crippen LogP contribution in [0.2, 0.25) is 0 Å². The molecular formula is C10H10N4O3S2. The Hall–Kier alpha value is -1.87. The molecule has 2 aromatic rings. The second-order valence-electron chi connectivity index (χ2n) is 4.01. The van der Waals surface area contributed by atoms with E-state index in [1.165, 1.54) is 18.0 Å². The van der Waals surface area contributed by atoms with Gasteiger partial charge in [0.15, 0.2) is 0 Å². The number of anilines is 1. The Morgan fingerprint density at radius 1 is 1.32 bits per heavy atom. The van der Waals surface area contributed by atoms with Crippen LogP contribution < -0.4 is 10.5 Å². The lowest BCUT2D eigenvalue weighted by molar-refractivity contribution is 0.0993. The number of thioether (sulfide) groups is 1. The van der Waals surface area contributed by atoms with Crippen molar-refractivity contribution in [3.05, 3.63) is 29.8 Å². The van der Waals surface area contributed by atoms with Crippen LogP contribution >= 0.6 is 11.8 Å². The van der Waals surface area contributed by atoms with Crippen LogP contribution in [0.5, 0.6) is 0 Å². The van der Waals surface area contributed by atoms with E-state index in [-0.39, 0.29) is 10.6 Å². The lowest BCUT2D eigenvalue weighted by atomic mass is 10.3. The summed E-state index contributed by atoms with van der Waals surface area (Å²) in [5.41, 5.74) is 6.68. The summed E-state index contributed by atoms with van der Waals surface area (Å²) in [6.07, 6.45) is 4.58. The third kappa shape index (κ3) is 1.90. The zero-order valence-electron chi connectivity index (χ0n) is 9.56. The molecular weight excluding hydrogens is 288 g/mol. The maximum atomic E-state index is 12.2. The number of hydrogen-bond acceptors (Lipinski definition) is 4. The lowest BCUT2D eigenvalue weighted by Gasteiger charge is -2.13. The molecule has 0 fully saturated rings. The molecule has 0 aromatic carbocycles. The van der Waals surface area contributed by atoms with E-state index < -0.39 is 15.9 Å². The molecule has 5 N–H and O–H groups in total. The molecule has 0 aliphatic carbocycles. The Morgan fingerprint density at radius 3 is 2.84 bits per heavy atom. The zero-order chi connectivity index (χ0) is 13.6. The topological polar surface area (TPSA) is 121 Å². The van der Waals surface area contributed by atoms with Gasteiger partial charge in [-0.25, -0.2) is 8.42 Å². The normalized spacial score (nSPS) is 16.6. The molecule has 0 bridgehead atoms. The van der Waals surface area contributed by atoms with Gasteiger partial charge >= 0.3 is 0 Å². The number of H-pyrrole nitrogens is 2. The number of nitrogens with two attached hydrogens (primary N) is 1. The third-order valence-electron chi connectivity index (χ3n) is 2.78. The number of carbonyl (C=O) groups is 1. The van der Waals surface area contributed by atoms with Gasteiger partial charge in [-0.2, -0.15) is 0 Å². The van der Waals surface area contributed by atoms with Gasteiger partial charge in [-0.1, -0.05) is 0 Å². The third-order valence-corrected chi connectivity index (χ3v) is 5.47. The van der Waals surface area contributed by atoms with Crippen LogP contribution in [0.15, 0.2) is 28.4 Å². The molecule has 3 rings (SSSR count). The number of nitrogens with one attached hydrogen (secondary N) is 3. The van der Waals surface area contributed by atoms with E-state index in [4.69, 9.17) is 5.73 Å². The van der Waals surface area contributed by atoms with Crippen LogP contribution in [0.1, 0.15) is 16.1 Å². The van der Waals surface area contributed by atoms with Crippen LogP contribution in [0.3, 0.4) is 0 Å². The number of amides is 1. The number of aromatic amines is 2. The van der Waals surface area contributed by atoms with Crippen LogP contribution in [0, 0.1) is 0 Å². The molecule has 9 heteroatoms. The highest BCUT2D eigenvalue weighted by Crippen LogP contribution is 2.37. The standard InChI is InChI=1S/C10H10N4O3S2/c11-10(15)8-9-7(3-13-8)19(16,17)14-6-2-12-1-5(6)4-18-9/h1-3,12-14H,4H2,(H2,11,15). The van der Waals surface area contributed by atoms with Crippen LogP contribution in [0.4, 0.5) is 5.69 Å². The van der Waals surface area contributed by atoms with Gasteiger partial charge in [-0.15, -0.1) is 11.8 Å². The summed E-state index contributed by atoms with van der Waals surface area (Å²) in [4.78, 5) is 17.2. The summed E-state index contributed by atoms with van der Waals surface area (Å²) < 4.78 is 26.9. The minimum absolute atomic E-state index is 0.0400. The Kier molecular flexibility index (Phi) is 2.61. The fourth-order valence-corrected chi connectivity index (χ4v) is 4.58. The Morgan fingerprint density at radius 2 is 2.11 bits per heavy atom. The molecule has 1 aliphatic heterocycles. The van der Waals surface area contributed by atoms with E-state index in [1.807, 2.05) is 0 Å². The van der Waals surface area contributed by atoms with Crippen molar-refractivity contribution in [2.45, 2.75) is 15.5 Å². The molecule has 0 saturated heterocycles. The summed E-state index contributed by atoms with van der Waals surface area (Å²) in [6, 6.07) is 0. The molecule has 0 unspecified atom stereocenters. The molecule has 0 atom stereocenters. The highest BCUT2D eigenvalue weighted by Gasteiger charge is 2.28. The van der Waals surface area contributed by atoms with E-state index in [9.17, 15) is 13.2 Å². The monoisotopic (exact) mass is 298 g/mol. The van der Waals surface area contributed by atoms with Gasteiger partial charge in [0.1, 0.15) is 10.6 Å². The van der Waals surface area contributed by atoms with Crippen molar-refractivity contribution < 1.29 is 13.2 Å².